The first-order valence-corrected chi connectivity index (χ1v) is 4.58. The normalized spacial score (nSPS) is 2.73. The van der Waals surface area contributed by atoms with E-state index in [1.54, 1.807) is 0 Å². The van der Waals surface area contributed by atoms with Crippen molar-refractivity contribution in [2.75, 3.05) is 7.05 Å². The van der Waals surface area contributed by atoms with Gasteiger partial charge >= 0.3 is 0 Å². The van der Waals surface area contributed by atoms with Crippen LogP contribution in [0.4, 0.5) is 0 Å². The summed E-state index contributed by atoms with van der Waals surface area (Å²) >= 11 is 0. The second-order valence-electron chi connectivity index (χ2n) is 0. The molecule has 2 heteroatoms. The van der Waals surface area contributed by atoms with Gasteiger partial charge in [0.25, 0.3) is 0 Å². The molecule has 2 N–H and O–H groups in total. The highest BCUT2D eigenvalue weighted by atomic mass is 14.4. The van der Waals surface area contributed by atoms with Crippen molar-refractivity contribution in [3.05, 3.63) is 0 Å². The molecular weight excluding hydrogens is 133 g/mol. The molecule has 0 bridgehead atoms. The maximum absolute atomic E-state index is 4.50. The lowest BCUT2D eigenvalue weighted by molar-refractivity contribution is 1.48. The van der Waals surface area contributed by atoms with E-state index < -0.39 is 0 Å². The molecule has 0 aromatic rings. The summed E-state index contributed by atoms with van der Waals surface area (Å²) in [6.45, 7) is 16.0. The first-order chi connectivity index (χ1) is 5.00. The average Bonchev–Trinajstić information content (AvgIpc) is 2.20. The SMILES string of the molecule is CC.CC.CC.CC.CN.[B]. The second kappa shape index (κ2) is 1310000. The summed E-state index contributed by atoms with van der Waals surface area (Å²) in [6, 6.07) is 0. The molecule has 3 radical (unpaired) electrons. The summed E-state index contributed by atoms with van der Waals surface area (Å²) in [5, 5.41) is 0. The third-order valence-corrected chi connectivity index (χ3v) is 0. The standard InChI is InChI=1S/4C2H6.CH5N.B/c5*1-2;/h4*1-2H3;2H2,1H3;. The van der Waals surface area contributed by atoms with Gasteiger partial charge in [-0.2, -0.15) is 0 Å². The number of nitrogens with two attached hydrogens (primary N) is 1. The number of rotatable bonds is 0. The Kier molecular flexibility index (Phi) is 5240000. The quantitative estimate of drug-likeness (QED) is 0.543. The summed E-state index contributed by atoms with van der Waals surface area (Å²) in [5.74, 6) is 0. The molecule has 0 aliphatic heterocycles. The van der Waals surface area contributed by atoms with Gasteiger partial charge < -0.3 is 5.73 Å². The topological polar surface area (TPSA) is 26.0 Å². The van der Waals surface area contributed by atoms with E-state index in [9.17, 15) is 0 Å². The van der Waals surface area contributed by atoms with Crippen LogP contribution in [-0.2, 0) is 0 Å². The van der Waals surface area contributed by atoms with Gasteiger partial charge in [0.1, 0.15) is 0 Å². The van der Waals surface area contributed by atoms with E-state index in [0.717, 1.165) is 0 Å². The molecule has 0 aromatic heterocycles. The van der Waals surface area contributed by atoms with Crippen molar-refractivity contribution in [1.82, 2.24) is 0 Å². The maximum atomic E-state index is 4.50. The van der Waals surface area contributed by atoms with Crippen LogP contribution in [-0.4, -0.2) is 15.5 Å². The van der Waals surface area contributed by atoms with Crippen LogP contribution in [0, 0.1) is 0 Å². The van der Waals surface area contributed by atoms with E-state index in [1.165, 1.54) is 7.05 Å². The monoisotopic (exact) mass is 162 g/mol. The Morgan fingerprint density at radius 2 is 0.455 bits per heavy atom. The first kappa shape index (κ1) is 43.9. The van der Waals surface area contributed by atoms with Gasteiger partial charge in [-0.3, -0.25) is 0 Å². The molecule has 0 heterocycles. The highest BCUT2D eigenvalue weighted by molar-refractivity contribution is 5.75. The zero-order valence-corrected chi connectivity index (χ0v) is 10.2. The fourth-order valence-electron chi connectivity index (χ4n) is 0. The van der Waals surface area contributed by atoms with Gasteiger partial charge in [0, 0.05) is 8.41 Å². The zero-order valence-electron chi connectivity index (χ0n) is 10.2. The molecule has 73 valence electrons. The van der Waals surface area contributed by atoms with Crippen LogP contribution in [0.25, 0.3) is 0 Å². The Morgan fingerprint density at radius 3 is 0.455 bits per heavy atom. The lowest BCUT2D eigenvalue weighted by Gasteiger charge is -1.19. The predicted octanol–water partition coefficient (Wildman–Crippen LogP) is 3.30. The van der Waals surface area contributed by atoms with E-state index >= 15 is 0 Å². The van der Waals surface area contributed by atoms with Gasteiger partial charge in [0.05, 0.1) is 0 Å². The first-order valence-electron chi connectivity index (χ1n) is 4.58. The highest BCUT2D eigenvalue weighted by Gasteiger charge is 0.938. The summed E-state index contributed by atoms with van der Waals surface area (Å²) in [7, 11) is 1.50. The van der Waals surface area contributed by atoms with E-state index in [1.807, 2.05) is 55.4 Å². The lowest BCUT2D eigenvalue weighted by atomic mass is 10.8. The van der Waals surface area contributed by atoms with Crippen molar-refractivity contribution in [2.45, 2.75) is 55.4 Å². The van der Waals surface area contributed by atoms with Gasteiger partial charge in [-0.05, 0) is 7.05 Å². The second-order valence-corrected chi connectivity index (χ2v) is 0. The van der Waals surface area contributed by atoms with Gasteiger partial charge in [-0.1, -0.05) is 55.4 Å². The molecule has 0 rings (SSSR count). The molecule has 0 spiro atoms. The molecule has 0 aliphatic carbocycles. The molecule has 11 heavy (non-hydrogen) atoms. The molecule has 0 unspecified atom stereocenters. The minimum Gasteiger partial charge on any atom is -0.333 e. The van der Waals surface area contributed by atoms with Crippen molar-refractivity contribution in [2.24, 2.45) is 5.73 Å². The van der Waals surface area contributed by atoms with Gasteiger partial charge in [0.2, 0.25) is 0 Å². The fourth-order valence-corrected chi connectivity index (χ4v) is 0. The van der Waals surface area contributed by atoms with Gasteiger partial charge in [-0.25, -0.2) is 0 Å². The van der Waals surface area contributed by atoms with Crippen molar-refractivity contribution in [3.63, 3.8) is 0 Å². The van der Waals surface area contributed by atoms with E-state index in [-0.39, 0.29) is 8.41 Å². The highest BCUT2D eigenvalue weighted by Crippen LogP contribution is 1.15. The molecule has 0 aromatic carbocycles. The summed E-state index contributed by atoms with van der Waals surface area (Å²) in [6.07, 6.45) is 0. The maximum Gasteiger partial charge on any atom is 0 e. The van der Waals surface area contributed by atoms with Crippen molar-refractivity contribution < 1.29 is 0 Å². The Hall–Kier alpha value is 0.0249. The van der Waals surface area contributed by atoms with E-state index in [2.05, 4.69) is 5.73 Å². The number of hydrogen-bond acceptors (Lipinski definition) is 1. The Balaban J connectivity index is -0.00000000694. The lowest BCUT2D eigenvalue weighted by Crippen LogP contribution is -1.69. The fraction of sp³-hybridized carbons (Fsp3) is 1.00. The van der Waals surface area contributed by atoms with E-state index in [4.69, 9.17) is 0 Å². The van der Waals surface area contributed by atoms with E-state index in [0.29, 0.717) is 0 Å². The minimum absolute atomic E-state index is 0. The Morgan fingerprint density at radius 1 is 0.455 bits per heavy atom. The third kappa shape index (κ3) is 1040000. The van der Waals surface area contributed by atoms with Crippen molar-refractivity contribution >= 4 is 8.41 Å². The predicted molar refractivity (Wildman–Crippen MR) is 61.3 cm³/mol. The molecule has 1 nitrogen and oxygen atoms in total. The molecule has 0 atom stereocenters. The Bertz CT molecular complexity index is 9.52. The van der Waals surface area contributed by atoms with Crippen LogP contribution in [0.3, 0.4) is 0 Å². The molecule has 0 fully saturated rings. The number of hydrogen-bond donors (Lipinski definition) is 1. The summed E-state index contributed by atoms with van der Waals surface area (Å²) in [5.41, 5.74) is 4.50. The van der Waals surface area contributed by atoms with Crippen LogP contribution >= 0.6 is 0 Å². The van der Waals surface area contributed by atoms with Crippen LogP contribution in [0.5, 0.6) is 0 Å². The van der Waals surface area contributed by atoms with Gasteiger partial charge in [0.15, 0.2) is 0 Å². The van der Waals surface area contributed by atoms with Gasteiger partial charge in [-0.15, -0.1) is 0 Å². The minimum atomic E-state index is 0. The largest absolute Gasteiger partial charge is 0.333 e. The van der Waals surface area contributed by atoms with Crippen LogP contribution in [0.2, 0.25) is 0 Å². The zero-order chi connectivity index (χ0) is 10.0. The van der Waals surface area contributed by atoms with Crippen molar-refractivity contribution in [1.29, 1.82) is 0 Å². The smallest absolute Gasteiger partial charge is 0 e. The summed E-state index contributed by atoms with van der Waals surface area (Å²) in [4.78, 5) is 0. The average molecular weight is 162 g/mol. The molecule has 0 saturated carbocycles. The molecule has 0 aliphatic rings. The summed E-state index contributed by atoms with van der Waals surface area (Å²) < 4.78 is 0. The van der Waals surface area contributed by atoms with Crippen LogP contribution in [0.1, 0.15) is 55.4 Å². The Labute approximate surface area is 77.3 Å². The molecule has 0 amide bonds. The van der Waals surface area contributed by atoms with Crippen molar-refractivity contribution in [3.8, 4) is 0 Å². The molecular formula is C9H29BN. The molecule has 0 saturated heterocycles. The van der Waals surface area contributed by atoms with Crippen LogP contribution < -0.4 is 5.73 Å². The van der Waals surface area contributed by atoms with Crippen LogP contribution in [0.15, 0.2) is 0 Å². The third-order valence-electron chi connectivity index (χ3n) is 0.